The van der Waals surface area contributed by atoms with Crippen LogP contribution in [0.2, 0.25) is 10.0 Å². The average molecular weight is 465 g/mol. The van der Waals surface area contributed by atoms with Crippen LogP contribution in [-0.2, 0) is 22.6 Å². The van der Waals surface area contributed by atoms with Gasteiger partial charge < -0.3 is 15.0 Å². The second-order valence-electron chi connectivity index (χ2n) is 8.41. The lowest BCUT2D eigenvalue weighted by molar-refractivity contribution is -0.141. The zero-order valence-corrected chi connectivity index (χ0v) is 20.2. The lowest BCUT2D eigenvalue weighted by Crippen LogP contribution is -2.53. The van der Waals surface area contributed by atoms with Crippen LogP contribution in [-0.4, -0.2) is 35.4 Å². The van der Waals surface area contributed by atoms with Gasteiger partial charge in [0.25, 0.3) is 0 Å². The Morgan fingerprint density at radius 1 is 1.06 bits per heavy atom. The Balaban J connectivity index is 2.37. The molecule has 2 aromatic carbocycles. The Morgan fingerprint density at radius 3 is 2.13 bits per heavy atom. The summed E-state index contributed by atoms with van der Waals surface area (Å²) in [6.07, 6.45) is 0.480. The lowest BCUT2D eigenvalue weighted by atomic mass is 10.0. The van der Waals surface area contributed by atoms with Gasteiger partial charge in [0.05, 0.1) is 13.5 Å². The van der Waals surface area contributed by atoms with Crippen LogP contribution in [0.4, 0.5) is 0 Å². The molecule has 0 saturated carbocycles. The zero-order valence-electron chi connectivity index (χ0n) is 18.7. The van der Waals surface area contributed by atoms with Crippen LogP contribution in [0.3, 0.4) is 0 Å². The van der Waals surface area contributed by atoms with Crippen LogP contribution in [0, 0.1) is 0 Å². The van der Waals surface area contributed by atoms with Crippen molar-refractivity contribution < 1.29 is 14.3 Å². The zero-order chi connectivity index (χ0) is 23.2. The summed E-state index contributed by atoms with van der Waals surface area (Å²) in [6, 6.07) is 11.9. The molecule has 1 N–H and O–H groups in total. The number of carbonyl (C=O) groups is 2. The molecule has 0 saturated heterocycles. The molecular formula is C24H30Cl2N2O3. The first kappa shape index (κ1) is 25.0. The number of benzene rings is 2. The van der Waals surface area contributed by atoms with E-state index in [1.807, 2.05) is 52.0 Å². The number of halogens is 2. The highest BCUT2D eigenvalue weighted by Gasteiger charge is 2.31. The molecule has 1 unspecified atom stereocenters. The van der Waals surface area contributed by atoms with Crippen molar-refractivity contribution >= 4 is 35.0 Å². The van der Waals surface area contributed by atoms with Crippen LogP contribution in [0.15, 0.2) is 42.5 Å². The Hall–Kier alpha value is -2.24. The molecule has 2 rings (SSSR count). The predicted octanol–water partition coefficient (Wildman–Crippen LogP) is 5.27. The first-order valence-corrected chi connectivity index (χ1v) is 11.0. The fraction of sp³-hybridized carbons (Fsp3) is 0.417. The molecule has 31 heavy (non-hydrogen) atoms. The maximum Gasteiger partial charge on any atom is 0.243 e. The quantitative estimate of drug-likeness (QED) is 0.578. The molecule has 1 atom stereocenters. The van der Waals surface area contributed by atoms with Crippen molar-refractivity contribution in [3.8, 4) is 5.75 Å². The van der Waals surface area contributed by atoms with Crippen molar-refractivity contribution in [1.29, 1.82) is 0 Å². The summed E-state index contributed by atoms with van der Waals surface area (Å²) in [7, 11) is 1.60. The predicted molar refractivity (Wildman–Crippen MR) is 126 cm³/mol. The first-order chi connectivity index (χ1) is 14.6. The fourth-order valence-corrected chi connectivity index (χ4v) is 3.79. The number of carbonyl (C=O) groups excluding carboxylic acids is 2. The molecule has 0 aromatic heterocycles. The third-order valence-corrected chi connectivity index (χ3v) is 5.49. The molecule has 0 heterocycles. The number of nitrogens with one attached hydrogen (secondary N) is 1. The summed E-state index contributed by atoms with van der Waals surface area (Å²) in [5.41, 5.74) is 1.04. The molecule has 5 nitrogen and oxygen atoms in total. The molecule has 168 valence electrons. The molecule has 0 spiro atoms. The summed E-state index contributed by atoms with van der Waals surface area (Å²) in [6.45, 7) is 7.91. The van der Waals surface area contributed by atoms with E-state index < -0.39 is 11.6 Å². The van der Waals surface area contributed by atoms with Gasteiger partial charge in [0.1, 0.15) is 11.8 Å². The molecule has 0 aliphatic carbocycles. The second-order valence-corrected chi connectivity index (χ2v) is 9.22. The number of amides is 2. The molecule has 0 aliphatic rings. The van der Waals surface area contributed by atoms with Gasteiger partial charge in [0.2, 0.25) is 11.8 Å². The van der Waals surface area contributed by atoms with E-state index in [-0.39, 0.29) is 24.8 Å². The third-order valence-electron chi connectivity index (χ3n) is 4.79. The Bertz CT molecular complexity index is 888. The number of hydrogen-bond acceptors (Lipinski definition) is 3. The molecule has 2 amide bonds. The second kappa shape index (κ2) is 10.9. The van der Waals surface area contributed by atoms with E-state index >= 15 is 0 Å². The van der Waals surface area contributed by atoms with E-state index in [0.717, 1.165) is 11.3 Å². The van der Waals surface area contributed by atoms with Gasteiger partial charge in [-0.25, -0.2) is 0 Å². The molecule has 0 aliphatic heterocycles. The monoisotopic (exact) mass is 464 g/mol. The lowest BCUT2D eigenvalue weighted by Gasteiger charge is -2.33. The van der Waals surface area contributed by atoms with Gasteiger partial charge in [-0.05, 0) is 62.6 Å². The van der Waals surface area contributed by atoms with E-state index in [4.69, 9.17) is 27.9 Å². The van der Waals surface area contributed by atoms with Crippen molar-refractivity contribution in [2.45, 2.75) is 58.7 Å². The van der Waals surface area contributed by atoms with E-state index in [0.29, 0.717) is 22.0 Å². The Kier molecular flexibility index (Phi) is 8.78. The van der Waals surface area contributed by atoms with Gasteiger partial charge in [-0.1, -0.05) is 48.3 Å². The van der Waals surface area contributed by atoms with Crippen LogP contribution in [0.1, 0.15) is 45.2 Å². The molecule has 0 radical (unpaired) electrons. The molecule has 7 heteroatoms. The van der Waals surface area contributed by atoms with E-state index in [9.17, 15) is 9.59 Å². The Morgan fingerprint density at radius 2 is 1.65 bits per heavy atom. The van der Waals surface area contributed by atoms with E-state index in [2.05, 4.69) is 5.32 Å². The molecule has 0 fully saturated rings. The van der Waals surface area contributed by atoms with Crippen molar-refractivity contribution in [2.24, 2.45) is 0 Å². The summed E-state index contributed by atoms with van der Waals surface area (Å²) < 4.78 is 5.21. The molecule has 2 aromatic rings. The number of hydrogen-bond donors (Lipinski definition) is 1. The minimum Gasteiger partial charge on any atom is -0.497 e. The fourth-order valence-electron chi connectivity index (χ4n) is 3.25. The van der Waals surface area contributed by atoms with Gasteiger partial charge in [-0.3, -0.25) is 9.59 Å². The number of methoxy groups -OCH3 is 1. The van der Waals surface area contributed by atoms with Gasteiger partial charge >= 0.3 is 0 Å². The van der Waals surface area contributed by atoms with Crippen LogP contribution in [0.5, 0.6) is 5.75 Å². The summed E-state index contributed by atoms with van der Waals surface area (Å²) >= 11 is 12.6. The highest BCUT2D eigenvalue weighted by molar-refractivity contribution is 6.36. The van der Waals surface area contributed by atoms with Crippen molar-refractivity contribution in [3.63, 3.8) is 0 Å². The molecule has 0 bridgehead atoms. The number of ether oxygens (including phenoxy) is 1. The van der Waals surface area contributed by atoms with E-state index in [1.54, 1.807) is 30.2 Å². The van der Waals surface area contributed by atoms with Crippen molar-refractivity contribution in [2.75, 3.05) is 7.11 Å². The third kappa shape index (κ3) is 7.15. The maximum atomic E-state index is 13.4. The summed E-state index contributed by atoms with van der Waals surface area (Å²) in [5, 5.41) is 3.85. The first-order valence-electron chi connectivity index (χ1n) is 10.2. The minimum atomic E-state index is -0.630. The van der Waals surface area contributed by atoms with Gasteiger partial charge in [-0.2, -0.15) is 0 Å². The SMILES string of the molecule is CCC(C(=O)NC(C)(C)C)N(Cc1ccc(OC)cc1)C(=O)Cc1c(Cl)cccc1Cl. The summed E-state index contributed by atoms with van der Waals surface area (Å²) in [5.74, 6) is 0.311. The van der Waals surface area contributed by atoms with Gasteiger partial charge in [-0.15, -0.1) is 0 Å². The van der Waals surface area contributed by atoms with Gasteiger partial charge in [0, 0.05) is 22.1 Å². The topological polar surface area (TPSA) is 58.6 Å². The van der Waals surface area contributed by atoms with E-state index in [1.165, 1.54) is 0 Å². The summed E-state index contributed by atoms with van der Waals surface area (Å²) in [4.78, 5) is 28.1. The standard InChI is InChI=1S/C24H30Cl2N2O3/c1-6-21(23(30)27-24(2,3)4)28(15-16-10-12-17(31-5)13-11-16)22(29)14-18-19(25)8-7-9-20(18)26/h7-13,21H,6,14-15H2,1-5H3,(H,27,30). The normalized spacial score (nSPS) is 12.2. The van der Waals surface area contributed by atoms with Crippen molar-refractivity contribution in [1.82, 2.24) is 10.2 Å². The number of nitrogens with zero attached hydrogens (tertiary/aromatic N) is 1. The van der Waals surface area contributed by atoms with Gasteiger partial charge in [0.15, 0.2) is 0 Å². The van der Waals surface area contributed by atoms with Crippen LogP contribution in [0.25, 0.3) is 0 Å². The van der Waals surface area contributed by atoms with Crippen molar-refractivity contribution in [3.05, 3.63) is 63.6 Å². The highest BCUT2D eigenvalue weighted by Crippen LogP contribution is 2.26. The van der Waals surface area contributed by atoms with Crippen LogP contribution < -0.4 is 10.1 Å². The number of rotatable bonds is 8. The largest absolute Gasteiger partial charge is 0.497 e. The Labute approximate surface area is 194 Å². The average Bonchev–Trinajstić information content (AvgIpc) is 2.69. The smallest absolute Gasteiger partial charge is 0.243 e. The minimum absolute atomic E-state index is 0.00790. The molecular weight excluding hydrogens is 435 g/mol. The maximum absolute atomic E-state index is 13.4. The van der Waals surface area contributed by atoms with Crippen LogP contribution >= 0.6 is 23.2 Å². The highest BCUT2D eigenvalue weighted by atomic mass is 35.5.